The molecule has 1 atom stereocenters. The molecule has 6 nitrogen and oxygen atoms in total. The molecular formula is C16H19FN4O2. The predicted octanol–water partition coefficient (Wildman–Crippen LogP) is 0.160. The molecule has 2 aliphatic heterocycles. The average Bonchev–Trinajstić information content (AvgIpc) is 2.83. The summed E-state index contributed by atoms with van der Waals surface area (Å²) in [5.74, 6) is -0.564. The third-order valence-electron chi connectivity index (χ3n) is 4.96. The van der Waals surface area contributed by atoms with Crippen LogP contribution in [-0.4, -0.2) is 45.2 Å². The number of hydrogen-bond acceptors (Lipinski definition) is 5. The molecule has 3 N–H and O–H groups in total. The van der Waals surface area contributed by atoms with E-state index in [0.717, 1.165) is 32.1 Å². The van der Waals surface area contributed by atoms with Gasteiger partial charge >= 0.3 is 0 Å². The molecule has 0 bridgehead atoms. The molecule has 0 saturated carbocycles. The normalized spacial score (nSPS) is 25.3. The summed E-state index contributed by atoms with van der Waals surface area (Å²) in [6.07, 6.45) is 2.84. The Bertz CT molecular complexity index is 829. The lowest BCUT2D eigenvalue weighted by Gasteiger charge is -2.35. The van der Waals surface area contributed by atoms with E-state index in [-0.39, 0.29) is 30.3 Å². The number of pyridine rings is 2. The number of nitrogens with two attached hydrogens (primary N) is 1. The van der Waals surface area contributed by atoms with Crippen molar-refractivity contribution in [3.05, 3.63) is 40.1 Å². The van der Waals surface area contributed by atoms with E-state index in [1.807, 2.05) is 0 Å². The highest BCUT2D eigenvalue weighted by Gasteiger charge is 2.43. The van der Waals surface area contributed by atoms with Crippen LogP contribution in [0.25, 0.3) is 11.0 Å². The fraction of sp³-hybridized carbons (Fsp3) is 0.500. The largest absolute Gasteiger partial charge is 0.382 e. The number of aromatic nitrogens is 2. The smallest absolute Gasteiger partial charge is 0.251 e. The Labute approximate surface area is 132 Å². The van der Waals surface area contributed by atoms with Crippen LogP contribution < -0.4 is 11.3 Å². The number of β-amino-alcohol motifs (C(OH)–C–C–N with tert-alkyl or cyclic N) is 1. The highest BCUT2D eigenvalue weighted by molar-refractivity contribution is 5.81. The molecule has 0 radical (unpaired) electrons. The van der Waals surface area contributed by atoms with Crippen LogP contribution in [0.15, 0.2) is 23.1 Å². The Kier molecular flexibility index (Phi) is 3.26. The summed E-state index contributed by atoms with van der Waals surface area (Å²) in [5.41, 5.74) is 5.37. The molecule has 0 amide bonds. The van der Waals surface area contributed by atoms with Gasteiger partial charge < -0.3 is 15.4 Å². The van der Waals surface area contributed by atoms with Gasteiger partial charge in [-0.2, -0.15) is 0 Å². The van der Waals surface area contributed by atoms with Crippen molar-refractivity contribution in [3.63, 3.8) is 0 Å². The van der Waals surface area contributed by atoms with Gasteiger partial charge in [0.2, 0.25) is 0 Å². The maximum absolute atomic E-state index is 14.4. The van der Waals surface area contributed by atoms with Gasteiger partial charge in [-0.15, -0.1) is 0 Å². The van der Waals surface area contributed by atoms with Gasteiger partial charge in [0.05, 0.1) is 29.3 Å². The van der Waals surface area contributed by atoms with Gasteiger partial charge in [-0.05, 0) is 32.0 Å². The molecule has 1 fully saturated rings. The van der Waals surface area contributed by atoms with Crippen LogP contribution >= 0.6 is 0 Å². The number of nitrogens with zero attached hydrogens (tertiary/aromatic N) is 3. The van der Waals surface area contributed by atoms with Crippen molar-refractivity contribution in [2.75, 3.05) is 19.6 Å². The van der Waals surface area contributed by atoms with E-state index in [1.54, 1.807) is 6.07 Å². The van der Waals surface area contributed by atoms with E-state index in [2.05, 4.69) is 9.88 Å². The van der Waals surface area contributed by atoms with Crippen molar-refractivity contribution in [1.29, 1.82) is 0 Å². The quantitative estimate of drug-likeness (QED) is 0.824. The molecule has 2 aromatic rings. The first kappa shape index (κ1) is 14.7. The predicted molar refractivity (Wildman–Crippen MR) is 83.5 cm³/mol. The second kappa shape index (κ2) is 5.09. The van der Waals surface area contributed by atoms with Crippen LogP contribution in [0.2, 0.25) is 0 Å². The Morgan fingerprint density at radius 3 is 2.87 bits per heavy atom. The number of hydrogen-bond donors (Lipinski definition) is 2. The first-order valence-corrected chi connectivity index (χ1v) is 7.87. The summed E-state index contributed by atoms with van der Waals surface area (Å²) in [4.78, 5) is 18.2. The summed E-state index contributed by atoms with van der Waals surface area (Å²) < 4.78 is 15.8. The molecule has 23 heavy (non-hydrogen) atoms. The summed E-state index contributed by atoms with van der Waals surface area (Å²) in [7, 11) is 0. The standard InChI is InChI=1S/C16H19FN4O2/c17-11-7-19-12-1-2-13(22)21-9-16(23,14(11)15(12)21)8-20-5-3-10(18)4-6-20/h1-2,7,10,23H,3-6,8-9,18H2. The van der Waals surface area contributed by atoms with E-state index < -0.39 is 11.4 Å². The Balaban J connectivity index is 1.77. The number of aliphatic hydroxyl groups is 1. The van der Waals surface area contributed by atoms with Crippen molar-refractivity contribution < 1.29 is 9.50 Å². The Morgan fingerprint density at radius 1 is 1.39 bits per heavy atom. The van der Waals surface area contributed by atoms with Gasteiger partial charge in [-0.3, -0.25) is 14.7 Å². The van der Waals surface area contributed by atoms with Crippen molar-refractivity contribution in [2.24, 2.45) is 5.73 Å². The highest BCUT2D eigenvalue weighted by atomic mass is 19.1. The summed E-state index contributed by atoms with van der Waals surface area (Å²) >= 11 is 0. The van der Waals surface area contributed by atoms with Crippen LogP contribution in [0, 0.1) is 5.82 Å². The van der Waals surface area contributed by atoms with E-state index in [0.29, 0.717) is 11.0 Å². The zero-order chi connectivity index (χ0) is 16.2. The van der Waals surface area contributed by atoms with Gasteiger partial charge in [0.15, 0.2) is 0 Å². The first-order valence-electron chi connectivity index (χ1n) is 7.87. The third kappa shape index (κ3) is 2.27. The monoisotopic (exact) mass is 318 g/mol. The molecule has 2 aromatic heterocycles. The lowest BCUT2D eigenvalue weighted by atomic mass is 9.93. The SMILES string of the molecule is NC1CCN(CC2(O)Cn3c(=O)ccc4ncc(F)c2c43)CC1. The lowest BCUT2D eigenvalue weighted by molar-refractivity contribution is -0.0150. The van der Waals surface area contributed by atoms with Gasteiger partial charge in [-0.25, -0.2) is 4.39 Å². The minimum atomic E-state index is -1.42. The second-order valence-corrected chi connectivity index (χ2v) is 6.62. The molecule has 4 rings (SSSR count). The van der Waals surface area contributed by atoms with Crippen molar-refractivity contribution in [3.8, 4) is 0 Å². The Hall–Kier alpha value is -1.83. The zero-order valence-electron chi connectivity index (χ0n) is 12.7. The van der Waals surface area contributed by atoms with E-state index >= 15 is 0 Å². The number of halogens is 1. The molecule has 2 aliphatic rings. The van der Waals surface area contributed by atoms with Crippen LogP contribution in [-0.2, 0) is 12.1 Å². The molecule has 4 heterocycles. The molecule has 0 spiro atoms. The minimum absolute atomic E-state index is 0.0592. The lowest BCUT2D eigenvalue weighted by Crippen LogP contribution is -2.47. The van der Waals surface area contributed by atoms with Gasteiger partial charge in [0.25, 0.3) is 5.56 Å². The minimum Gasteiger partial charge on any atom is -0.382 e. The number of piperidine rings is 1. The zero-order valence-corrected chi connectivity index (χ0v) is 12.7. The van der Waals surface area contributed by atoms with Gasteiger partial charge in [0.1, 0.15) is 11.4 Å². The second-order valence-electron chi connectivity index (χ2n) is 6.62. The summed E-state index contributed by atoms with van der Waals surface area (Å²) in [5, 5.41) is 11.2. The molecule has 7 heteroatoms. The van der Waals surface area contributed by atoms with Crippen LogP contribution in [0.4, 0.5) is 4.39 Å². The van der Waals surface area contributed by atoms with Crippen molar-refractivity contribution >= 4 is 11.0 Å². The molecule has 1 saturated heterocycles. The van der Waals surface area contributed by atoms with Gasteiger partial charge in [-0.1, -0.05) is 0 Å². The van der Waals surface area contributed by atoms with E-state index in [9.17, 15) is 14.3 Å². The molecule has 1 unspecified atom stereocenters. The van der Waals surface area contributed by atoms with E-state index in [4.69, 9.17) is 5.73 Å². The van der Waals surface area contributed by atoms with Crippen molar-refractivity contribution in [1.82, 2.24) is 14.5 Å². The fourth-order valence-corrected chi connectivity index (χ4v) is 3.79. The number of rotatable bonds is 2. The third-order valence-corrected chi connectivity index (χ3v) is 4.96. The van der Waals surface area contributed by atoms with E-state index in [1.165, 1.54) is 10.6 Å². The average molecular weight is 318 g/mol. The van der Waals surface area contributed by atoms with Crippen LogP contribution in [0.3, 0.4) is 0 Å². The molecule has 0 aliphatic carbocycles. The topological polar surface area (TPSA) is 84.4 Å². The van der Waals surface area contributed by atoms with Gasteiger partial charge in [0, 0.05) is 18.7 Å². The van der Waals surface area contributed by atoms with Crippen molar-refractivity contribution in [2.45, 2.75) is 31.0 Å². The Morgan fingerprint density at radius 2 is 2.13 bits per heavy atom. The highest BCUT2D eigenvalue weighted by Crippen LogP contribution is 2.37. The summed E-state index contributed by atoms with van der Waals surface area (Å²) in [6.45, 7) is 1.88. The van der Waals surface area contributed by atoms with Crippen LogP contribution in [0.1, 0.15) is 18.4 Å². The fourth-order valence-electron chi connectivity index (χ4n) is 3.79. The number of likely N-dealkylation sites (tertiary alicyclic amines) is 1. The maximum atomic E-state index is 14.4. The maximum Gasteiger partial charge on any atom is 0.251 e. The van der Waals surface area contributed by atoms with Crippen LogP contribution in [0.5, 0.6) is 0 Å². The summed E-state index contributed by atoms with van der Waals surface area (Å²) in [6, 6.07) is 3.17. The molecular weight excluding hydrogens is 299 g/mol. The molecule has 122 valence electrons. The first-order chi connectivity index (χ1) is 11.0. The molecule has 0 aromatic carbocycles.